The largest absolute Gasteiger partial charge is 0.508 e. The Morgan fingerprint density at radius 1 is 1.12 bits per heavy atom. The summed E-state index contributed by atoms with van der Waals surface area (Å²) >= 11 is 1.52. The van der Waals surface area contributed by atoms with Crippen LogP contribution in [0, 0.1) is 0 Å². The molecule has 0 fully saturated rings. The molecule has 0 aliphatic carbocycles. The second kappa shape index (κ2) is 5.82. The Labute approximate surface area is 141 Å². The van der Waals surface area contributed by atoms with Gasteiger partial charge in [-0.15, -0.1) is 11.3 Å². The third-order valence-corrected chi connectivity index (χ3v) is 4.34. The molecule has 1 amide bonds. The third-order valence-electron chi connectivity index (χ3n) is 3.55. The maximum atomic E-state index is 12.3. The molecular weight excluding hydrogens is 324 g/mol. The summed E-state index contributed by atoms with van der Waals surface area (Å²) < 4.78 is 6.61. The van der Waals surface area contributed by atoms with Crippen LogP contribution in [0.3, 0.4) is 0 Å². The van der Waals surface area contributed by atoms with Crippen LogP contribution in [0.25, 0.3) is 21.5 Å². The van der Waals surface area contributed by atoms with E-state index in [1.165, 1.54) is 11.3 Å². The van der Waals surface area contributed by atoms with E-state index in [2.05, 4.69) is 10.3 Å². The van der Waals surface area contributed by atoms with E-state index in [1.807, 2.05) is 12.1 Å². The van der Waals surface area contributed by atoms with Crippen LogP contribution in [0.2, 0.25) is 0 Å². The van der Waals surface area contributed by atoms with Gasteiger partial charge >= 0.3 is 0 Å². The van der Waals surface area contributed by atoms with Crippen molar-refractivity contribution in [1.82, 2.24) is 4.98 Å². The van der Waals surface area contributed by atoms with Crippen LogP contribution >= 0.6 is 11.3 Å². The van der Waals surface area contributed by atoms with E-state index in [-0.39, 0.29) is 17.4 Å². The Kier molecular flexibility index (Phi) is 3.51. The van der Waals surface area contributed by atoms with Gasteiger partial charge in [0.2, 0.25) is 0 Å². The number of carbonyl (C=O) groups excluding carboxylic acids is 1. The molecule has 2 aromatic heterocycles. The van der Waals surface area contributed by atoms with Crippen molar-refractivity contribution in [2.24, 2.45) is 0 Å². The van der Waals surface area contributed by atoms with E-state index in [4.69, 9.17) is 4.42 Å². The summed E-state index contributed by atoms with van der Waals surface area (Å²) in [7, 11) is 0. The molecule has 0 atom stereocenters. The quantitative estimate of drug-likeness (QED) is 0.577. The maximum absolute atomic E-state index is 12.3. The van der Waals surface area contributed by atoms with Gasteiger partial charge in [-0.3, -0.25) is 4.79 Å². The number of furan rings is 1. The molecule has 4 rings (SSSR count). The Bertz CT molecular complexity index is 1040. The van der Waals surface area contributed by atoms with Gasteiger partial charge in [0.25, 0.3) is 5.91 Å². The van der Waals surface area contributed by atoms with Gasteiger partial charge in [0.15, 0.2) is 5.76 Å². The molecular formula is C18H12N2O3S. The van der Waals surface area contributed by atoms with Crippen molar-refractivity contribution in [3.63, 3.8) is 0 Å². The first-order chi connectivity index (χ1) is 11.7. The number of nitrogens with one attached hydrogen (secondary N) is 1. The van der Waals surface area contributed by atoms with E-state index in [9.17, 15) is 9.90 Å². The number of hydrogen-bond acceptors (Lipinski definition) is 5. The number of nitrogens with zero attached hydrogens (tertiary/aromatic N) is 1. The highest BCUT2D eigenvalue weighted by molar-refractivity contribution is 7.16. The Morgan fingerprint density at radius 2 is 2.04 bits per heavy atom. The zero-order valence-corrected chi connectivity index (χ0v) is 13.2. The van der Waals surface area contributed by atoms with Crippen molar-refractivity contribution in [3.8, 4) is 17.1 Å². The first-order valence-corrected chi connectivity index (χ1v) is 8.11. The molecule has 6 heteroatoms. The molecule has 0 saturated carbocycles. The fourth-order valence-corrected chi connectivity index (χ4v) is 3.12. The average Bonchev–Trinajstić information content (AvgIpc) is 3.24. The fourth-order valence-electron chi connectivity index (χ4n) is 2.40. The van der Waals surface area contributed by atoms with Gasteiger partial charge in [0.1, 0.15) is 11.5 Å². The standard InChI is InChI=1S/C18H12N2O3S/c21-13-3-1-2-11(8-13)15-6-7-16(23-15)18(22)20-12-4-5-14-17(9-12)24-10-19-14/h1-10,21H,(H,20,22). The number of aromatic nitrogens is 1. The van der Waals surface area contributed by atoms with Crippen molar-refractivity contribution in [2.75, 3.05) is 5.32 Å². The Morgan fingerprint density at radius 3 is 2.92 bits per heavy atom. The topological polar surface area (TPSA) is 75.4 Å². The van der Waals surface area contributed by atoms with Crippen LogP contribution in [0.5, 0.6) is 5.75 Å². The van der Waals surface area contributed by atoms with Crippen LogP contribution < -0.4 is 5.32 Å². The van der Waals surface area contributed by atoms with Crippen LogP contribution in [0.4, 0.5) is 5.69 Å². The van der Waals surface area contributed by atoms with Crippen molar-refractivity contribution in [3.05, 3.63) is 65.9 Å². The van der Waals surface area contributed by atoms with Gasteiger partial charge in [-0.25, -0.2) is 4.98 Å². The minimum atomic E-state index is -0.328. The molecule has 0 spiro atoms. The fraction of sp³-hybridized carbons (Fsp3) is 0. The zero-order valence-electron chi connectivity index (χ0n) is 12.4. The number of anilines is 1. The van der Waals surface area contributed by atoms with Crippen LogP contribution in [0.15, 0.2) is 64.5 Å². The molecule has 2 aromatic carbocycles. The number of thiazole rings is 1. The minimum absolute atomic E-state index is 0.146. The molecule has 2 heterocycles. The molecule has 0 aliphatic heterocycles. The van der Waals surface area contributed by atoms with Gasteiger partial charge in [0.05, 0.1) is 15.7 Å². The molecule has 0 aliphatic rings. The summed E-state index contributed by atoms with van der Waals surface area (Å²) in [6, 6.07) is 15.5. The molecule has 0 saturated heterocycles. The van der Waals surface area contributed by atoms with Gasteiger partial charge in [-0.1, -0.05) is 12.1 Å². The van der Waals surface area contributed by atoms with E-state index >= 15 is 0 Å². The normalized spacial score (nSPS) is 10.8. The number of phenols is 1. The molecule has 118 valence electrons. The lowest BCUT2D eigenvalue weighted by Crippen LogP contribution is -2.10. The van der Waals surface area contributed by atoms with Crippen LogP contribution in [-0.2, 0) is 0 Å². The number of fused-ring (bicyclic) bond motifs is 1. The van der Waals surface area contributed by atoms with Gasteiger partial charge < -0.3 is 14.8 Å². The first-order valence-electron chi connectivity index (χ1n) is 7.23. The number of hydrogen-bond donors (Lipinski definition) is 2. The Balaban J connectivity index is 1.56. The molecule has 4 aromatic rings. The zero-order chi connectivity index (χ0) is 16.5. The lowest BCUT2D eigenvalue weighted by atomic mass is 10.2. The SMILES string of the molecule is O=C(Nc1ccc2ncsc2c1)c1ccc(-c2cccc(O)c2)o1. The van der Waals surface area contributed by atoms with Crippen LogP contribution in [-0.4, -0.2) is 16.0 Å². The highest BCUT2D eigenvalue weighted by Crippen LogP contribution is 2.26. The molecule has 0 radical (unpaired) electrons. The number of carbonyl (C=O) groups is 1. The van der Waals surface area contributed by atoms with E-state index in [0.29, 0.717) is 17.0 Å². The predicted octanol–water partition coefficient (Wildman–Crippen LogP) is 4.51. The predicted molar refractivity (Wildman–Crippen MR) is 93.4 cm³/mol. The monoisotopic (exact) mass is 336 g/mol. The van der Waals surface area contributed by atoms with Crippen molar-refractivity contribution in [2.45, 2.75) is 0 Å². The van der Waals surface area contributed by atoms with Gasteiger partial charge in [-0.2, -0.15) is 0 Å². The van der Waals surface area contributed by atoms with E-state index in [0.717, 1.165) is 10.2 Å². The number of rotatable bonds is 3. The van der Waals surface area contributed by atoms with Crippen LogP contribution in [0.1, 0.15) is 10.6 Å². The summed E-state index contributed by atoms with van der Waals surface area (Å²) in [6.07, 6.45) is 0. The van der Waals surface area contributed by atoms with Crippen molar-refractivity contribution in [1.29, 1.82) is 0 Å². The smallest absolute Gasteiger partial charge is 0.291 e. The molecule has 0 bridgehead atoms. The lowest BCUT2D eigenvalue weighted by molar-refractivity contribution is 0.0997. The lowest BCUT2D eigenvalue weighted by Gasteiger charge is -2.03. The molecule has 24 heavy (non-hydrogen) atoms. The molecule has 2 N–H and O–H groups in total. The Hall–Kier alpha value is -3.12. The summed E-state index contributed by atoms with van der Waals surface area (Å²) in [4.78, 5) is 16.5. The first kappa shape index (κ1) is 14.5. The minimum Gasteiger partial charge on any atom is -0.508 e. The summed E-state index contributed by atoms with van der Waals surface area (Å²) in [5.74, 6) is 0.546. The average molecular weight is 336 g/mol. The third kappa shape index (κ3) is 2.75. The number of amides is 1. The van der Waals surface area contributed by atoms with Gasteiger partial charge in [0, 0.05) is 11.3 Å². The number of phenolic OH excluding ortho intramolecular Hbond substituents is 1. The maximum Gasteiger partial charge on any atom is 0.291 e. The van der Waals surface area contributed by atoms with Crippen molar-refractivity contribution >= 4 is 33.1 Å². The van der Waals surface area contributed by atoms with E-state index in [1.54, 1.807) is 48.0 Å². The number of benzene rings is 2. The molecule has 0 unspecified atom stereocenters. The second-order valence-corrected chi connectivity index (χ2v) is 6.09. The molecule has 5 nitrogen and oxygen atoms in total. The highest BCUT2D eigenvalue weighted by atomic mass is 32.1. The summed E-state index contributed by atoms with van der Waals surface area (Å²) in [5, 5.41) is 12.3. The highest BCUT2D eigenvalue weighted by Gasteiger charge is 2.13. The van der Waals surface area contributed by atoms with Crippen molar-refractivity contribution < 1.29 is 14.3 Å². The summed E-state index contributed by atoms with van der Waals surface area (Å²) in [5.41, 5.74) is 4.07. The van der Waals surface area contributed by atoms with E-state index < -0.39 is 0 Å². The van der Waals surface area contributed by atoms with Gasteiger partial charge in [-0.05, 0) is 42.5 Å². The summed E-state index contributed by atoms with van der Waals surface area (Å²) in [6.45, 7) is 0. The number of aromatic hydroxyl groups is 1. The second-order valence-electron chi connectivity index (χ2n) is 5.20.